The van der Waals surface area contributed by atoms with Crippen LogP contribution in [0.4, 0.5) is 0 Å². The van der Waals surface area contributed by atoms with E-state index in [0.717, 1.165) is 193 Å². The van der Waals surface area contributed by atoms with Crippen molar-refractivity contribution in [1.29, 1.82) is 0 Å². The summed E-state index contributed by atoms with van der Waals surface area (Å²) in [4.78, 5) is 73.0. The van der Waals surface area contributed by atoms with Crippen molar-refractivity contribution in [3.05, 3.63) is 158 Å². The molecule has 3 N–H and O–H groups in total. The topological polar surface area (TPSA) is 237 Å². The number of hydrogen-bond donors (Lipinski definition) is 3. The zero-order valence-corrected chi connectivity index (χ0v) is 66.4. The van der Waals surface area contributed by atoms with Crippen LogP contribution in [0, 0.1) is 0 Å². The van der Waals surface area contributed by atoms with Gasteiger partial charge in [-0.1, -0.05) is 263 Å². The number of hydrogen-bond acceptors (Lipinski definition) is 15. The van der Waals surface area contributed by atoms with Crippen LogP contribution in [0.25, 0.3) is 0 Å². The van der Waals surface area contributed by atoms with Crippen molar-refractivity contribution < 1.29 is 80.2 Å². The smallest absolute Gasteiger partial charge is 0.462 e. The van der Waals surface area contributed by atoms with Gasteiger partial charge >= 0.3 is 39.5 Å². The monoisotopic (exact) mass is 1490 g/mol. The Kier molecular flexibility index (Phi) is 72.0. The van der Waals surface area contributed by atoms with E-state index in [1.54, 1.807) is 0 Å². The van der Waals surface area contributed by atoms with Gasteiger partial charge in [0.15, 0.2) is 12.2 Å². The molecular formula is C85H140O17P2. The minimum absolute atomic E-state index is 0.0698. The first kappa shape index (κ1) is 98.7. The van der Waals surface area contributed by atoms with Crippen molar-refractivity contribution in [2.45, 2.75) is 316 Å². The Morgan fingerprint density at radius 2 is 0.500 bits per heavy atom. The lowest BCUT2D eigenvalue weighted by Crippen LogP contribution is -2.30. The fourth-order valence-electron chi connectivity index (χ4n) is 10.0. The number of carbonyl (C=O) groups excluding carboxylic acids is 4. The molecular weight excluding hydrogens is 1350 g/mol. The Labute approximate surface area is 629 Å². The molecule has 0 saturated carbocycles. The van der Waals surface area contributed by atoms with Crippen LogP contribution in [0.5, 0.6) is 0 Å². The lowest BCUT2D eigenvalue weighted by atomic mass is 10.1. The van der Waals surface area contributed by atoms with Gasteiger partial charge in [0.05, 0.1) is 26.4 Å². The lowest BCUT2D eigenvalue weighted by molar-refractivity contribution is -0.161. The predicted octanol–water partition coefficient (Wildman–Crippen LogP) is 23.2. The highest BCUT2D eigenvalue weighted by Gasteiger charge is 2.30. The predicted molar refractivity (Wildman–Crippen MR) is 427 cm³/mol. The zero-order valence-electron chi connectivity index (χ0n) is 64.6. The third-order valence-corrected chi connectivity index (χ3v) is 17.9. The standard InChI is InChI=1S/C85H140O17P2/c1-5-9-13-17-21-25-29-33-36-38-39-41-43-47-50-54-58-62-66-70-83(88)96-76-81(102-85(90)72-68-64-60-56-52-48-44-40-37-34-30-26-22-18-14-10-6-2)78-100-104(93,94)98-74-79(86)73-97-103(91,92)99-77-80(101-84(89)71-67-63-59-55-51-45-32-28-24-20-16-12-8-4)75-95-82(87)69-65-61-57-53-49-46-42-35-31-27-23-19-15-11-7-3/h9-11,13-15,21-23,25-28,32-37,39,41-42,47,49-50,53,79-81,86H,5-8,12,16-20,24,29-31,38,40,43-46,48,51-52,54-78H2,1-4H3,(H,91,92)(H,93,94)/b13-9-,14-10-,15-11-,25-21-,26-22-,27-23-,32-28-,36-33-,37-34-,41-39-,42-35-,50-47-,53-49-. The summed E-state index contributed by atoms with van der Waals surface area (Å²) in [6.45, 7) is 4.41. The number of ether oxygens (including phenoxy) is 4. The molecule has 104 heavy (non-hydrogen) atoms. The van der Waals surface area contributed by atoms with Crippen molar-refractivity contribution in [1.82, 2.24) is 0 Å². The molecule has 0 aromatic heterocycles. The number of allylic oxidation sites excluding steroid dienone is 26. The van der Waals surface area contributed by atoms with Gasteiger partial charge in [0, 0.05) is 25.7 Å². The highest BCUT2D eigenvalue weighted by molar-refractivity contribution is 7.47. The van der Waals surface area contributed by atoms with Crippen molar-refractivity contribution in [3.63, 3.8) is 0 Å². The third-order valence-electron chi connectivity index (χ3n) is 16.0. The summed E-state index contributed by atoms with van der Waals surface area (Å²) < 4.78 is 68.5. The molecule has 592 valence electrons. The molecule has 0 bridgehead atoms. The van der Waals surface area contributed by atoms with Gasteiger partial charge in [0.1, 0.15) is 19.3 Å². The van der Waals surface area contributed by atoms with Gasteiger partial charge in [-0.3, -0.25) is 37.3 Å². The molecule has 0 spiro atoms. The van der Waals surface area contributed by atoms with Crippen LogP contribution >= 0.6 is 15.6 Å². The van der Waals surface area contributed by atoms with Gasteiger partial charge < -0.3 is 33.8 Å². The van der Waals surface area contributed by atoms with Crippen LogP contribution in [-0.4, -0.2) is 96.7 Å². The summed E-state index contributed by atoms with van der Waals surface area (Å²) in [6.07, 6.45) is 88.0. The lowest BCUT2D eigenvalue weighted by Gasteiger charge is -2.21. The summed E-state index contributed by atoms with van der Waals surface area (Å²) in [6, 6.07) is 0. The summed E-state index contributed by atoms with van der Waals surface area (Å²) in [5.74, 6) is -2.29. The molecule has 19 heteroatoms. The quantitative estimate of drug-likeness (QED) is 0.0169. The largest absolute Gasteiger partial charge is 0.472 e. The van der Waals surface area contributed by atoms with Crippen LogP contribution < -0.4 is 0 Å². The SMILES string of the molecule is CC/C=C\C/C=C\C/C=C\C/C=C\C/C=C\CCCCCC(=O)OCC(COP(=O)(O)OCC(O)COP(=O)(O)OCC(COC(=O)CCCC/C=C\C/C=C\C/C=C\C/C=C\CC)OC(=O)CCCCCCC/C=C\CCCCCC)OC(=O)CCCCCCCCC/C=C\C/C=C\C/C=C\CC. The second-order valence-electron chi connectivity index (χ2n) is 25.9. The van der Waals surface area contributed by atoms with Crippen molar-refractivity contribution in [3.8, 4) is 0 Å². The highest BCUT2D eigenvalue weighted by Crippen LogP contribution is 2.45. The summed E-state index contributed by atoms with van der Waals surface area (Å²) >= 11 is 0. The van der Waals surface area contributed by atoms with Gasteiger partial charge in [-0.05, 0) is 167 Å². The molecule has 17 nitrogen and oxygen atoms in total. The number of phosphoric ester groups is 2. The Hall–Kier alpha value is -5.32. The molecule has 0 saturated heterocycles. The summed E-state index contributed by atoms with van der Waals surface area (Å²) in [5, 5.41) is 10.6. The first-order valence-electron chi connectivity index (χ1n) is 39.7. The molecule has 0 aromatic rings. The number of aliphatic hydroxyl groups is 1. The Bertz CT molecular complexity index is 2590. The number of carbonyl (C=O) groups is 4. The maximum atomic E-state index is 13.1. The van der Waals surface area contributed by atoms with E-state index in [4.69, 9.17) is 37.0 Å². The fourth-order valence-corrected chi connectivity index (χ4v) is 11.6. The van der Waals surface area contributed by atoms with Crippen LogP contribution in [0.15, 0.2) is 158 Å². The summed E-state index contributed by atoms with van der Waals surface area (Å²) in [7, 11) is -9.99. The Morgan fingerprint density at radius 1 is 0.279 bits per heavy atom. The first-order valence-corrected chi connectivity index (χ1v) is 42.7. The molecule has 0 aromatic carbocycles. The third kappa shape index (κ3) is 74.9. The second-order valence-corrected chi connectivity index (χ2v) is 28.8. The van der Waals surface area contributed by atoms with E-state index in [-0.39, 0.29) is 25.7 Å². The van der Waals surface area contributed by atoms with E-state index in [1.165, 1.54) is 25.7 Å². The molecule has 5 atom stereocenters. The molecule has 5 unspecified atom stereocenters. The van der Waals surface area contributed by atoms with Crippen molar-refractivity contribution in [2.75, 3.05) is 39.6 Å². The molecule has 0 radical (unpaired) electrons. The fraction of sp³-hybridized carbons (Fsp3) is 0.647. The van der Waals surface area contributed by atoms with E-state index >= 15 is 0 Å². The molecule has 0 fully saturated rings. The normalized spacial score (nSPS) is 14.7. The van der Waals surface area contributed by atoms with Gasteiger partial charge in [0.25, 0.3) is 0 Å². The average molecular weight is 1500 g/mol. The van der Waals surface area contributed by atoms with E-state index in [2.05, 4.69) is 186 Å². The van der Waals surface area contributed by atoms with Crippen molar-refractivity contribution >= 4 is 39.5 Å². The van der Waals surface area contributed by atoms with Gasteiger partial charge in [-0.2, -0.15) is 0 Å². The number of esters is 4. The zero-order chi connectivity index (χ0) is 76.0. The van der Waals surface area contributed by atoms with E-state index in [1.807, 2.05) is 0 Å². The maximum absolute atomic E-state index is 13.1. The van der Waals surface area contributed by atoms with Gasteiger partial charge in [-0.15, -0.1) is 0 Å². The minimum atomic E-state index is -5.00. The van der Waals surface area contributed by atoms with Crippen LogP contribution in [0.2, 0.25) is 0 Å². The van der Waals surface area contributed by atoms with Gasteiger partial charge in [-0.25, -0.2) is 9.13 Å². The number of phosphoric acid groups is 2. The molecule has 0 aliphatic carbocycles. The molecule has 0 amide bonds. The minimum Gasteiger partial charge on any atom is -0.462 e. The molecule has 0 aliphatic rings. The van der Waals surface area contributed by atoms with Crippen LogP contribution in [0.1, 0.15) is 297 Å². The number of aliphatic hydroxyl groups excluding tert-OH is 1. The Morgan fingerprint density at radius 3 is 0.808 bits per heavy atom. The Balaban J connectivity index is 5.44. The summed E-state index contributed by atoms with van der Waals surface area (Å²) in [5.41, 5.74) is 0. The number of rotatable bonds is 73. The van der Waals surface area contributed by atoms with Crippen LogP contribution in [-0.2, 0) is 65.4 Å². The highest BCUT2D eigenvalue weighted by atomic mass is 31.2. The molecule has 0 rings (SSSR count). The number of unbranched alkanes of at least 4 members (excludes halogenated alkanes) is 21. The maximum Gasteiger partial charge on any atom is 0.472 e. The van der Waals surface area contributed by atoms with E-state index < -0.39 is 97.5 Å². The van der Waals surface area contributed by atoms with E-state index in [0.29, 0.717) is 25.7 Å². The van der Waals surface area contributed by atoms with E-state index in [9.17, 15) is 43.2 Å². The molecule has 0 heterocycles. The molecule has 0 aliphatic heterocycles. The average Bonchev–Trinajstić information content (AvgIpc) is 0.911. The second kappa shape index (κ2) is 75.9. The van der Waals surface area contributed by atoms with Crippen LogP contribution in [0.3, 0.4) is 0 Å². The first-order chi connectivity index (χ1) is 50.7. The van der Waals surface area contributed by atoms with Gasteiger partial charge in [0.2, 0.25) is 0 Å². The van der Waals surface area contributed by atoms with Crippen molar-refractivity contribution in [2.24, 2.45) is 0 Å².